The number of benzene rings is 1. The maximum absolute atomic E-state index is 12.6. The number of carbonyl (C=O) groups excluding carboxylic acids is 2. The van der Waals surface area contributed by atoms with Crippen molar-refractivity contribution in [1.29, 1.82) is 0 Å². The summed E-state index contributed by atoms with van der Waals surface area (Å²) in [5.41, 5.74) is 1.96. The molecule has 1 fully saturated rings. The number of aryl methyl sites for hydroxylation is 1. The van der Waals surface area contributed by atoms with Crippen LogP contribution in [0.3, 0.4) is 0 Å². The molecule has 0 unspecified atom stereocenters. The molecule has 2 amide bonds. The number of nitrogens with zero attached hydrogens (tertiary/aromatic N) is 2. The van der Waals surface area contributed by atoms with Gasteiger partial charge >= 0.3 is 0 Å². The van der Waals surface area contributed by atoms with Crippen LogP contribution in [0.25, 0.3) is 0 Å². The molecule has 2 aromatic rings. The zero-order valence-corrected chi connectivity index (χ0v) is 16.9. The predicted octanol–water partition coefficient (Wildman–Crippen LogP) is 3.65. The van der Waals surface area contributed by atoms with Gasteiger partial charge in [0.05, 0.1) is 12.1 Å². The molecule has 1 aliphatic heterocycles. The number of amides is 2. The van der Waals surface area contributed by atoms with Gasteiger partial charge in [-0.2, -0.15) is 5.10 Å². The standard InChI is InChI=1S/C20H25ClN4O3/c1-13-10-17(24-23-13)20(27)25-9-3-4-14(12-25)5-8-19(26)22-15-6-7-18(28-2)16(21)11-15/h6-7,10-11,14H,3-5,8-9,12H2,1-2H3,(H,22,26)(H,23,24)/t14-/m0/s1. The van der Waals surface area contributed by atoms with Gasteiger partial charge in [0.1, 0.15) is 11.4 Å². The number of anilines is 1. The van der Waals surface area contributed by atoms with Crippen molar-refractivity contribution in [3.05, 3.63) is 40.7 Å². The molecular weight excluding hydrogens is 380 g/mol. The Morgan fingerprint density at radius 2 is 2.21 bits per heavy atom. The predicted molar refractivity (Wildman–Crippen MR) is 108 cm³/mol. The number of H-pyrrole nitrogens is 1. The van der Waals surface area contributed by atoms with Gasteiger partial charge in [-0.3, -0.25) is 14.7 Å². The minimum absolute atomic E-state index is 0.0497. The fourth-order valence-electron chi connectivity index (χ4n) is 3.48. The van der Waals surface area contributed by atoms with E-state index < -0.39 is 0 Å². The van der Waals surface area contributed by atoms with Crippen LogP contribution >= 0.6 is 11.6 Å². The van der Waals surface area contributed by atoms with Gasteiger partial charge < -0.3 is 15.0 Å². The Hall–Kier alpha value is -2.54. The third-order valence-electron chi connectivity index (χ3n) is 4.95. The van der Waals surface area contributed by atoms with E-state index in [-0.39, 0.29) is 11.8 Å². The summed E-state index contributed by atoms with van der Waals surface area (Å²) in [5, 5.41) is 10.2. The van der Waals surface area contributed by atoms with E-state index in [0.717, 1.165) is 31.5 Å². The lowest BCUT2D eigenvalue weighted by Crippen LogP contribution is -2.40. The lowest BCUT2D eigenvalue weighted by Gasteiger charge is -2.32. The summed E-state index contributed by atoms with van der Waals surface area (Å²) in [4.78, 5) is 26.7. The van der Waals surface area contributed by atoms with Crippen LogP contribution in [-0.2, 0) is 4.79 Å². The van der Waals surface area contributed by atoms with E-state index in [2.05, 4.69) is 15.5 Å². The third kappa shape index (κ3) is 5.04. The van der Waals surface area contributed by atoms with Crippen molar-refractivity contribution in [2.45, 2.75) is 32.6 Å². The highest BCUT2D eigenvalue weighted by Gasteiger charge is 2.26. The van der Waals surface area contributed by atoms with Gasteiger partial charge in [-0.15, -0.1) is 0 Å². The van der Waals surface area contributed by atoms with E-state index in [1.165, 1.54) is 0 Å². The number of nitrogens with one attached hydrogen (secondary N) is 2. The fourth-order valence-corrected chi connectivity index (χ4v) is 3.74. The van der Waals surface area contributed by atoms with Crippen LogP contribution in [0.4, 0.5) is 5.69 Å². The first-order valence-electron chi connectivity index (χ1n) is 9.41. The second kappa shape index (κ2) is 9.10. The molecule has 28 heavy (non-hydrogen) atoms. The van der Waals surface area contributed by atoms with E-state index in [1.807, 2.05) is 11.8 Å². The lowest BCUT2D eigenvalue weighted by molar-refractivity contribution is -0.116. The van der Waals surface area contributed by atoms with Crippen molar-refractivity contribution in [3.8, 4) is 5.75 Å². The molecular formula is C20H25ClN4O3. The average molecular weight is 405 g/mol. The second-order valence-electron chi connectivity index (χ2n) is 7.13. The van der Waals surface area contributed by atoms with E-state index in [4.69, 9.17) is 16.3 Å². The number of hydrogen-bond donors (Lipinski definition) is 2. The van der Waals surface area contributed by atoms with Crippen LogP contribution in [0.2, 0.25) is 5.02 Å². The lowest BCUT2D eigenvalue weighted by atomic mass is 9.93. The van der Waals surface area contributed by atoms with Crippen LogP contribution in [0.5, 0.6) is 5.75 Å². The van der Waals surface area contributed by atoms with Crippen LogP contribution < -0.4 is 10.1 Å². The summed E-state index contributed by atoms with van der Waals surface area (Å²) in [5.74, 6) is 0.765. The number of likely N-dealkylation sites (tertiary alicyclic amines) is 1. The Balaban J connectivity index is 1.49. The molecule has 0 saturated carbocycles. The largest absolute Gasteiger partial charge is 0.495 e. The van der Waals surface area contributed by atoms with Crippen LogP contribution in [0.1, 0.15) is 41.9 Å². The molecule has 3 rings (SSSR count). The number of aromatic amines is 1. The minimum Gasteiger partial charge on any atom is -0.495 e. The third-order valence-corrected chi connectivity index (χ3v) is 5.24. The quantitative estimate of drug-likeness (QED) is 0.769. The van der Waals surface area contributed by atoms with Crippen LogP contribution in [-0.4, -0.2) is 47.1 Å². The number of hydrogen-bond acceptors (Lipinski definition) is 4. The van der Waals surface area contributed by atoms with Crippen molar-refractivity contribution in [3.63, 3.8) is 0 Å². The van der Waals surface area contributed by atoms with E-state index >= 15 is 0 Å². The molecule has 1 aromatic carbocycles. The summed E-state index contributed by atoms with van der Waals surface area (Å²) in [6.45, 7) is 3.27. The number of methoxy groups -OCH3 is 1. The number of rotatable bonds is 6. The minimum atomic E-state index is -0.0624. The molecule has 8 heteroatoms. The van der Waals surface area contributed by atoms with Gasteiger partial charge in [0.15, 0.2) is 0 Å². The molecule has 2 heterocycles. The van der Waals surface area contributed by atoms with E-state index in [9.17, 15) is 9.59 Å². The summed E-state index contributed by atoms with van der Waals surface area (Å²) < 4.78 is 5.11. The van der Waals surface area contributed by atoms with Gasteiger partial charge in [-0.05, 0) is 56.4 Å². The number of aromatic nitrogens is 2. The van der Waals surface area contributed by atoms with Crippen molar-refractivity contribution in [2.75, 3.05) is 25.5 Å². The molecule has 0 aliphatic carbocycles. The molecule has 7 nitrogen and oxygen atoms in total. The topological polar surface area (TPSA) is 87.3 Å². The first-order valence-corrected chi connectivity index (χ1v) is 9.78. The Morgan fingerprint density at radius 1 is 1.39 bits per heavy atom. The summed E-state index contributed by atoms with van der Waals surface area (Å²) in [6, 6.07) is 6.92. The number of carbonyl (C=O) groups is 2. The Kier molecular flexibility index (Phi) is 6.57. The van der Waals surface area contributed by atoms with Crippen molar-refractivity contribution < 1.29 is 14.3 Å². The number of ether oxygens (including phenoxy) is 1. The number of halogens is 1. The highest BCUT2D eigenvalue weighted by molar-refractivity contribution is 6.32. The molecule has 0 spiro atoms. The molecule has 150 valence electrons. The number of piperidine rings is 1. The molecule has 1 atom stereocenters. The van der Waals surface area contributed by atoms with E-state index in [1.54, 1.807) is 31.4 Å². The zero-order valence-electron chi connectivity index (χ0n) is 16.1. The van der Waals surface area contributed by atoms with Crippen LogP contribution in [0, 0.1) is 12.8 Å². The highest BCUT2D eigenvalue weighted by atomic mass is 35.5. The first kappa shape index (κ1) is 20.2. The Bertz CT molecular complexity index is 852. The molecule has 1 aromatic heterocycles. The maximum atomic E-state index is 12.6. The van der Waals surface area contributed by atoms with Crippen molar-refractivity contribution >= 4 is 29.1 Å². The van der Waals surface area contributed by atoms with Crippen molar-refractivity contribution in [2.24, 2.45) is 5.92 Å². The smallest absolute Gasteiger partial charge is 0.274 e. The molecule has 0 radical (unpaired) electrons. The van der Waals surface area contributed by atoms with Gasteiger partial charge in [0.2, 0.25) is 5.91 Å². The maximum Gasteiger partial charge on any atom is 0.274 e. The van der Waals surface area contributed by atoms with Gasteiger partial charge in [0.25, 0.3) is 5.91 Å². The normalized spacial score (nSPS) is 16.7. The van der Waals surface area contributed by atoms with Gasteiger partial charge in [-0.1, -0.05) is 11.6 Å². The second-order valence-corrected chi connectivity index (χ2v) is 7.54. The molecule has 2 N–H and O–H groups in total. The van der Waals surface area contributed by atoms with Gasteiger partial charge in [0, 0.05) is 30.9 Å². The summed E-state index contributed by atoms with van der Waals surface area (Å²) in [6.07, 6.45) is 3.09. The molecule has 1 aliphatic rings. The van der Waals surface area contributed by atoms with Crippen LogP contribution in [0.15, 0.2) is 24.3 Å². The Morgan fingerprint density at radius 3 is 2.89 bits per heavy atom. The summed E-state index contributed by atoms with van der Waals surface area (Å²) >= 11 is 6.09. The molecule has 0 bridgehead atoms. The highest BCUT2D eigenvalue weighted by Crippen LogP contribution is 2.27. The van der Waals surface area contributed by atoms with Gasteiger partial charge in [-0.25, -0.2) is 0 Å². The Labute approximate surface area is 169 Å². The zero-order chi connectivity index (χ0) is 20.1. The first-order chi connectivity index (χ1) is 13.5. The van der Waals surface area contributed by atoms with Crippen molar-refractivity contribution in [1.82, 2.24) is 15.1 Å². The SMILES string of the molecule is COc1ccc(NC(=O)CC[C@@H]2CCCN(C(=O)c3cc(C)[nH]n3)C2)cc1Cl. The average Bonchev–Trinajstić information content (AvgIpc) is 3.12. The molecule has 1 saturated heterocycles. The monoisotopic (exact) mass is 404 g/mol. The fraction of sp³-hybridized carbons (Fsp3) is 0.450. The summed E-state index contributed by atoms with van der Waals surface area (Å²) in [7, 11) is 1.55. The van der Waals surface area contributed by atoms with E-state index in [0.29, 0.717) is 41.0 Å².